The van der Waals surface area contributed by atoms with Crippen molar-refractivity contribution in [2.24, 2.45) is 0 Å². The lowest BCUT2D eigenvalue weighted by Crippen LogP contribution is -2.61. The summed E-state index contributed by atoms with van der Waals surface area (Å²) in [5.41, 5.74) is 1.83. The van der Waals surface area contributed by atoms with E-state index in [1.807, 2.05) is 25.1 Å². The molecule has 5 heteroatoms. The summed E-state index contributed by atoms with van der Waals surface area (Å²) < 4.78 is 0.960. The van der Waals surface area contributed by atoms with E-state index in [0.717, 1.165) is 41.5 Å². The number of halogens is 1. The highest BCUT2D eigenvalue weighted by Gasteiger charge is 2.41. The van der Waals surface area contributed by atoms with Crippen molar-refractivity contribution < 1.29 is 9.59 Å². The molecule has 0 spiro atoms. The maximum atomic E-state index is 12.7. The van der Waals surface area contributed by atoms with Crippen LogP contribution in [-0.4, -0.2) is 35.8 Å². The van der Waals surface area contributed by atoms with Gasteiger partial charge in [0.25, 0.3) is 0 Å². The van der Waals surface area contributed by atoms with Crippen molar-refractivity contribution in [3.8, 4) is 0 Å². The number of carbonyl (C=O) groups excluding carboxylic acids is 2. The van der Waals surface area contributed by atoms with Crippen LogP contribution in [-0.2, 0) is 9.59 Å². The number of anilines is 1. The molecule has 0 bridgehead atoms. The summed E-state index contributed by atoms with van der Waals surface area (Å²) in [6.07, 6.45) is 2.81. The lowest BCUT2D eigenvalue weighted by Gasteiger charge is -2.43. The average Bonchev–Trinajstić information content (AvgIpc) is 2.46. The van der Waals surface area contributed by atoms with Gasteiger partial charge in [0.05, 0.1) is 0 Å². The Morgan fingerprint density at radius 3 is 2.85 bits per heavy atom. The summed E-state index contributed by atoms with van der Waals surface area (Å²) in [5, 5.41) is 0. The first kappa shape index (κ1) is 13.6. The molecule has 3 rings (SSSR count). The van der Waals surface area contributed by atoms with Gasteiger partial charge in [0.2, 0.25) is 11.8 Å². The van der Waals surface area contributed by atoms with Crippen LogP contribution in [0.3, 0.4) is 0 Å². The zero-order valence-corrected chi connectivity index (χ0v) is 13.0. The summed E-state index contributed by atoms with van der Waals surface area (Å²) in [6.45, 7) is 2.84. The summed E-state index contributed by atoms with van der Waals surface area (Å²) >= 11 is 3.48. The molecule has 106 valence electrons. The number of hydrogen-bond donors (Lipinski definition) is 0. The minimum Gasteiger partial charge on any atom is -0.329 e. The van der Waals surface area contributed by atoms with Gasteiger partial charge in [-0.05, 0) is 43.9 Å². The normalized spacial score (nSPS) is 23.0. The molecule has 2 saturated heterocycles. The number of carbonyl (C=O) groups is 2. The van der Waals surface area contributed by atoms with E-state index in [1.165, 1.54) is 0 Å². The summed E-state index contributed by atoms with van der Waals surface area (Å²) in [5.74, 6) is 0.124. The number of benzene rings is 1. The molecule has 0 aliphatic carbocycles. The lowest BCUT2D eigenvalue weighted by molar-refractivity contribution is -0.144. The number of nitrogens with zero attached hydrogens (tertiary/aromatic N) is 2. The van der Waals surface area contributed by atoms with Crippen LogP contribution in [0.5, 0.6) is 0 Å². The SMILES string of the molecule is Cc1c(Br)cccc1N1CC(=O)N2CCCCC2C1=O. The Morgan fingerprint density at radius 2 is 2.05 bits per heavy atom. The zero-order valence-electron chi connectivity index (χ0n) is 11.4. The number of amides is 2. The highest BCUT2D eigenvalue weighted by atomic mass is 79.9. The van der Waals surface area contributed by atoms with E-state index in [1.54, 1.807) is 9.80 Å². The fraction of sp³-hybridized carbons (Fsp3) is 0.467. The van der Waals surface area contributed by atoms with Crippen LogP contribution in [0, 0.1) is 6.92 Å². The predicted molar refractivity (Wildman–Crippen MR) is 80.6 cm³/mol. The van der Waals surface area contributed by atoms with Crippen LogP contribution in [0.25, 0.3) is 0 Å². The molecule has 0 saturated carbocycles. The minimum atomic E-state index is -0.261. The molecule has 1 aromatic rings. The van der Waals surface area contributed by atoms with E-state index in [4.69, 9.17) is 0 Å². The van der Waals surface area contributed by atoms with Crippen LogP contribution in [0.2, 0.25) is 0 Å². The second-order valence-corrected chi connectivity index (χ2v) is 6.26. The third-order valence-corrected chi connectivity index (χ3v) is 5.06. The largest absolute Gasteiger partial charge is 0.329 e. The van der Waals surface area contributed by atoms with Crippen molar-refractivity contribution >= 4 is 33.4 Å². The molecule has 2 aliphatic heterocycles. The van der Waals surface area contributed by atoms with Gasteiger partial charge in [0.1, 0.15) is 12.6 Å². The second kappa shape index (κ2) is 5.20. The topological polar surface area (TPSA) is 40.6 Å². The predicted octanol–water partition coefficient (Wildman–Crippen LogP) is 2.49. The van der Waals surface area contributed by atoms with Crippen LogP contribution in [0.1, 0.15) is 24.8 Å². The van der Waals surface area contributed by atoms with E-state index in [0.29, 0.717) is 0 Å². The van der Waals surface area contributed by atoms with Gasteiger partial charge in [-0.3, -0.25) is 9.59 Å². The Hall–Kier alpha value is -1.36. The molecule has 2 aliphatic rings. The number of piperazine rings is 1. The average molecular weight is 337 g/mol. The van der Waals surface area contributed by atoms with Crippen LogP contribution in [0.15, 0.2) is 22.7 Å². The van der Waals surface area contributed by atoms with E-state index < -0.39 is 0 Å². The van der Waals surface area contributed by atoms with Gasteiger partial charge in [0.15, 0.2) is 0 Å². The number of piperidine rings is 1. The van der Waals surface area contributed by atoms with E-state index in [9.17, 15) is 9.59 Å². The number of rotatable bonds is 1. The van der Waals surface area contributed by atoms with E-state index >= 15 is 0 Å². The fourth-order valence-electron chi connectivity index (χ4n) is 3.06. The van der Waals surface area contributed by atoms with Crippen molar-refractivity contribution in [3.05, 3.63) is 28.2 Å². The smallest absolute Gasteiger partial charge is 0.250 e. The molecule has 4 nitrogen and oxygen atoms in total. The molecule has 1 atom stereocenters. The van der Waals surface area contributed by atoms with Gasteiger partial charge in [-0.1, -0.05) is 22.0 Å². The first-order chi connectivity index (χ1) is 9.59. The van der Waals surface area contributed by atoms with Gasteiger partial charge in [-0.15, -0.1) is 0 Å². The molecule has 1 aromatic carbocycles. The molecule has 2 fully saturated rings. The van der Waals surface area contributed by atoms with Crippen molar-refractivity contribution in [2.45, 2.75) is 32.2 Å². The molecule has 20 heavy (non-hydrogen) atoms. The van der Waals surface area contributed by atoms with Crippen molar-refractivity contribution in [3.63, 3.8) is 0 Å². The highest BCUT2D eigenvalue weighted by Crippen LogP contribution is 2.31. The molecular weight excluding hydrogens is 320 g/mol. The van der Waals surface area contributed by atoms with Gasteiger partial charge >= 0.3 is 0 Å². The third kappa shape index (κ3) is 2.14. The van der Waals surface area contributed by atoms with Crippen LogP contribution in [0.4, 0.5) is 5.69 Å². The summed E-state index contributed by atoms with van der Waals surface area (Å²) in [6, 6.07) is 5.49. The van der Waals surface area contributed by atoms with Gasteiger partial charge in [-0.2, -0.15) is 0 Å². The Labute approximate surface area is 126 Å². The quantitative estimate of drug-likeness (QED) is 0.790. The fourth-order valence-corrected chi connectivity index (χ4v) is 3.42. The Morgan fingerprint density at radius 1 is 1.25 bits per heavy atom. The van der Waals surface area contributed by atoms with Crippen LogP contribution < -0.4 is 4.90 Å². The van der Waals surface area contributed by atoms with Gasteiger partial charge in [-0.25, -0.2) is 0 Å². The summed E-state index contributed by atoms with van der Waals surface area (Å²) in [7, 11) is 0. The first-order valence-corrected chi connectivity index (χ1v) is 7.75. The number of fused-ring (bicyclic) bond motifs is 1. The maximum absolute atomic E-state index is 12.7. The minimum absolute atomic E-state index is 0.0606. The standard InChI is InChI=1S/C15H17BrN2O2/c1-10-11(16)5-4-7-12(10)18-9-14(19)17-8-3-2-6-13(17)15(18)20/h4-5,7,13H,2-3,6,8-9H2,1H3. The molecule has 0 aromatic heterocycles. The zero-order chi connectivity index (χ0) is 14.3. The van der Waals surface area contributed by atoms with Crippen LogP contribution >= 0.6 is 15.9 Å². The molecular formula is C15H17BrN2O2. The monoisotopic (exact) mass is 336 g/mol. The molecule has 0 radical (unpaired) electrons. The Kier molecular flexibility index (Phi) is 3.54. The van der Waals surface area contributed by atoms with Crippen molar-refractivity contribution in [1.29, 1.82) is 0 Å². The number of hydrogen-bond acceptors (Lipinski definition) is 2. The second-order valence-electron chi connectivity index (χ2n) is 5.41. The Bertz CT molecular complexity index is 573. The third-order valence-electron chi connectivity index (χ3n) is 4.20. The summed E-state index contributed by atoms with van der Waals surface area (Å²) in [4.78, 5) is 28.4. The Balaban J connectivity index is 1.96. The van der Waals surface area contributed by atoms with Crippen molar-refractivity contribution in [1.82, 2.24) is 4.90 Å². The van der Waals surface area contributed by atoms with E-state index in [-0.39, 0.29) is 24.4 Å². The molecule has 1 unspecified atom stereocenters. The molecule has 0 N–H and O–H groups in total. The first-order valence-electron chi connectivity index (χ1n) is 6.95. The lowest BCUT2D eigenvalue weighted by atomic mass is 9.97. The molecule has 2 amide bonds. The maximum Gasteiger partial charge on any atom is 0.250 e. The van der Waals surface area contributed by atoms with Gasteiger partial charge < -0.3 is 9.80 Å². The molecule has 2 heterocycles. The van der Waals surface area contributed by atoms with E-state index in [2.05, 4.69) is 15.9 Å². The highest BCUT2D eigenvalue weighted by molar-refractivity contribution is 9.10. The van der Waals surface area contributed by atoms with Gasteiger partial charge in [0, 0.05) is 16.7 Å². The van der Waals surface area contributed by atoms with Crippen molar-refractivity contribution in [2.75, 3.05) is 18.0 Å².